The zero-order chi connectivity index (χ0) is 15.5. The second kappa shape index (κ2) is 9.55. The maximum absolute atomic E-state index is 11.4. The molecule has 0 spiro atoms. The number of nitrogens with one attached hydrogen (secondary N) is 3. The maximum Gasteiger partial charge on any atom is 0.348 e. The molecule has 10 heteroatoms. The lowest BCUT2D eigenvalue weighted by molar-refractivity contribution is -0.159. The molecule has 0 bridgehead atoms. The third-order valence-corrected chi connectivity index (χ3v) is 2.17. The van der Waals surface area contributed by atoms with Gasteiger partial charge in [-0.15, -0.1) is 0 Å². The first-order valence-electron chi connectivity index (χ1n) is 5.94. The first kappa shape index (κ1) is 17.6. The van der Waals surface area contributed by atoms with Gasteiger partial charge in [-0.05, 0) is 12.8 Å². The fourth-order valence-corrected chi connectivity index (χ4v) is 1.13. The molecule has 20 heavy (non-hydrogen) atoms. The summed E-state index contributed by atoms with van der Waals surface area (Å²) in [6.45, 7) is 0.404. The Labute approximate surface area is 115 Å². The molecule has 0 heterocycles. The van der Waals surface area contributed by atoms with Gasteiger partial charge in [0.15, 0.2) is 5.96 Å². The van der Waals surface area contributed by atoms with E-state index in [-0.39, 0.29) is 18.8 Å². The smallest absolute Gasteiger partial charge is 0.348 e. The summed E-state index contributed by atoms with van der Waals surface area (Å²) < 4.78 is 0. The highest BCUT2D eigenvalue weighted by Gasteiger charge is 2.16. The Kier molecular flexibility index (Phi) is 8.43. The summed E-state index contributed by atoms with van der Waals surface area (Å²) in [5, 5.41) is 9.47. The van der Waals surface area contributed by atoms with Crippen LogP contribution in [0.3, 0.4) is 0 Å². The first-order valence-corrected chi connectivity index (χ1v) is 5.94. The highest BCUT2D eigenvalue weighted by atomic mass is 16.7. The Morgan fingerprint density at radius 2 is 1.85 bits per heavy atom. The van der Waals surface area contributed by atoms with Gasteiger partial charge < -0.3 is 27.4 Å². The second-order valence-electron chi connectivity index (χ2n) is 4.00. The summed E-state index contributed by atoms with van der Waals surface area (Å²) in [6, 6.07) is -0.903. The fraction of sp³-hybridized carbons (Fsp3) is 0.600. The number of carbonyl (C=O) groups excluding carboxylic acids is 3. The van der Waals surface area contributed by atoms with Crippen LogP contribution in [-0.2, 0) is 19.2 Å². The Hall–Kier alpha value is -2.36. The average molecular weight is 288 g/mol. The number of guanidine groups is 1. The summed E-state index contributed by atoms with van der Waals surface area (Å²) in [7, 11) is 0. The largest absolute Gasteiger partial charge is 0.370 e. The van der Waals surface area contributed by atoms with E-state index in [4.69, 9.17) is 22.6 Å². The minimum Gasteiger partial charge on any atom is -0.370 e. The zero-order valence-corrected chi connectivity index (χ0v) is 11.0. The topological polar surface area (TPSA) is 186 Å². The van der Waals surface area contributed by atoms with E-state index in [0.717, 1.165) is 0 Å². The molecule has 0 aliphatic rings. The van der Waals surface area contributed by atoms with Crippen molar-refractivity contribution in [1.82, 2.24) is 10.8 Å². The lowest BCUT2D eigenvalue weighted by atomic mass is 10.2. The quantitative estimate of drug-likeness (QED) is 0.122. The number of nitrogens with two attached hydrogens (primary N) is 3. The van der Waals surface area contributed by atoms with E-state index in [1.165, 1.54) is 0 Å². The van der Waals surface area contributed by atoms with Crippen molar-refractivity contribution in [2.24, 2.45) is 17.2 Å². The van der Waals surface area contributed by atoms with E-state index < -0.39 is 23.8 Å². The number of amides is 2. The predicted octanol–water partition coefficient (Wildman–Crippen LogP) is -2.58. The van der Waals surface area contributed by atoms with Gasteiger partial charge in [0, 0.05) is 19.4 Å². The molecular weight excluding hydrogens is 268 g/mol. The van der Waals surface area contributed by atoms with Crippen LogP contribution in [0.2, 0.25) is 0 Å². The molecule has 0 rings (SSSR count). The summed E-state index contributed by atoms with van der Waals surface area (Å²) in [5.74, 6) is -2.22. The Morgan fingerprint density at radius 1 is 1.20 bits per heavy atom. The maximum atomic E-state index is 11.4. The number of primary amides is 1. The minimum atomic E-state index is -0.903. The normalized spacial score (nSPS) is 11.2. The van der Waals surface area contributed by atoms with Crippen LogP contribution >= 0.6 is 0 Å². The molecule has 0 saturated heterocycles. The van der Waals surface area contributed by atoms with Gasteiger partial charge in [-0.25, -0.2) is 4.79 Å². The van der Waals surface area contributed by atoms with E-state index in [0.29, 0.717) is 19.4 Å². The standard InChI is InChI=1S/C10H20N6O4/c11-6(2-1-5-15-10(13)14)9(19)20-16-8(18)4-3-7(12)17/h6H,1-5,11H2,(H2,12,17)(H,16,18)(H4,13,14,15)/t6-/m0/s1. The molecule has 0 aromatic heterocycles. The zero-order valence-electron chi connectivity index (χ0n) is 11.0. The summed E-state index contributed by atoms with van der Waals surface area (Å²) in [5.41, 5.74) is 17.3. The molecule has 9 N–H and O–H groups in total. The molecule has 0 unspecified atom stereocenters. The van der Waals surface area contributed by atoms with Crippen LogP contribution in [0, 0.1) is 5.41 Å². The van der Waals surface area contributed by atoms with E-state index in [9.17, 15) is 14.4 Å². The van der Waals surface area contributed by atoms with Crippen LogP contribution in [0.15, 0.2) is 0 Å². The summed E-state index contributed by atoms with van der Waals surface area (Å²) in [6.07, 6.45) is 0.508. The monoisotopic (exact) mass is 288 g/mol. The molecule has 0 aliphatic carbocycles. The molecule has 0 radical (unpaired) electrons. The second-order valence-corrected chi connectivity index (χ2v) is 4.00. The Bertz CT molecular complexity index is 373. The van der Waals surface area contributed by atoms with Crippen LogP contribution in [0.25, 0.3) is 0 Å². The molecule has 114 valence electrons. The SMILES string of the molecule is N=C(N)NCCC[C@H](N)C(=O)ONC(=O)CCC(N)=O. The van der Waals surface area contributed by atoms with Crippen molar-refractivity contribution in [2.45, 2.75) is 31.7 Å². The Balaban J connectivity index is 3.76. The van der Waals surface area contributed by atoms with E-state index in [1.807, 2.05) is 5.48 Å². The van der Waals surface area contributed by atoms with E-state index >= 15 is 0 Å². The van der Waals surface area contributed by atoms with E-state index in [1.54, 1.807) is 0 Å². The minimum absolute atomic E-state index is 0.133. The average Bonchev–Trinajstić information content (AvgIpc) is 2.37. The van der Waals surface area contributed by atoms with E-state index in [2.05, 4.69) is 10.2 Å². The number of hydrogen-bond donors (Lipinski definition) is 6. The van der Waals surface area contributed by atoms with Crippen LogP contribution in [-0.4, -0.2) is 36.3 Å². The number of hydroxylamine groups is 1. The van der Waals surface area contributed by atoms with Gasteiger partial charge in [0.1, 0.15) is 6.04 Å². The van der Waals surface area contributed by atoms with Gasteiger partial charge >= 0.3 is 5.97 Å². The third kappa shape index (κ3) is 9.65. The molecular formula is C10H20N6O4. The third-order valence-electron chi connectivity index (χ3n) is 2.17. The number of carbonyl (C=O) groups is 3. The molecule has 10 nitrogen and oxygen atoms in total. The van der Waals surface area contributed by atoms with Crippen molar-refractivity contribution in [1.29, 1.82) is 5.41 Å². The lowest BCUT2D eigenvalue weighted by Crippen LogP contribution is -2.39. The van der Waals surface area contributed by atoms with Gasteiger partial charge in [0.2, 0.25) is 5.91 Å². The highest BCUT2D eigenvalue weighted by molar-refractivity contribution is 5.83. The molecule has 0 saturated carbocycles. The summed E-state index contributed by atoms with van der Waals surface area (Å²) in [4.78, 5) is 37.4. The molecule has 0 aromatic rings. The molecule has 0 aliphatic heterocycles. The van der Waals surface area contributed by atoms with Crippen LogP contribution < -0.4 is 28.0 Å². The Morgan fingerprint density at radius 3 is 2.40 bits per heavy atom. The first-order chi connectivity index (χ1) is 9.32. The summed E-state index contributed by atoms with van der Waals surface area (Å²) >= 11 is 0. The van der Waals surface area contributed by atoms with Crippen molar-refractivity contribution in [2.75, 3.05) is 6.54 Å². The van der Waals surface area contributed by atoms with Gasteiger partial charge in [0.25, 0.3) is 5.91 Å². The van der Waals surface area contributed by atoms with Crippen molar-refractivity contribution in [3.63, 3.8) is 0 Å². The molecule has 0 aromatic carbocycles. The van der Waals surface area contributed by atoms with Gasteiger partial charge in [-0.1, -0.05) is 0 Å². The number of rotatable bonds is 8. The van der Waals surface area contributed by atoms with Crippen LogP contribution in [0.1, 0.15) is 25.7 Å². The van der Waals surface area contributed by atoms with Gasteiger partial charge in [-0.2, -0.15) is 5.48 Å². The fourth-order valence-electron chi connectivity index (χ4n) is 1.13. The van der Waals surface area contributed by atoms with Crippen molar-refractivity contribution in [3.8, 4) is 0 Å². The van der Waals surface area contributed by atoms with Crippen LogP contribution in [0.4, 0.5) is 0 Å². The predicted molar refractivity (Wildman–Crippen MR) is 69.8 cm³/mol. The van der Waals surface area contributed by atoms with Crippen molar-refractivity contribution in [3.05, 3.63) is 0 Å². The lowest BCUT2D eigenvalue weighted by Gasteiger charge is -2.11. The van der Waals surface area contributed by atoms with Gasteiger partial charge in [-0.3, -0.25) is 15.0 Å². The molecule has 0 fully saturated rings. The van der Waals surface area contributed by atoms with Crippen LogP contribution in [0.5, 0.6) is 0 Å². The van der Waals surface area contributed by atoms with Crippen molar-refractivity contribution >= 4 is 23.7 Å². The van der Waals surface area contributed by atoms with Gasteiger partial charge in [0.05, 0.1) is 0 Å². The van der Waals surface area contributed by atoms with Crippen molar-refractivity contribution < 1.29 is 19.2 Å². The molecule has 1 atom stereocenters. The molecule has 2 amide bonds. The number of hydrogen-bond acceptors (Lipinski definition) is 6. The highest BCUT2D eigenvalue weighted by Crippen LogP contribution is 1.96.